The molecule has 1 spiro atoms. The Morgan fingerprint density at radius 2 is 1.91 bits per heavy atom. The molecule has 0 radical (unpaired) electrons. The summed E-state index contributed by atoms with van der Waals surface area (Å²) in [5.74, 6) is -0.343. The van der Waals surface area contributed by atoms with Crippen molar-refractivity contribution in [1.29, 1.82) is 0 Å². The molecule has 0 saturated carbocycles. The summed E-state index contributed by atoms with van der Waals surface area (Å²) in [6.07, 6.45) is 9.16. The molecule has 2 aromatic carbocycles. The van der Waals surface area contributed by atoms with Crippen LogP contribution in [0.2, 0.25) is 0 Å². The van der Waals surface area contributed by atoms with E-state index in [1.165, 1.54) is 7.11 Å². The normalized spacial score (nSPS) is 21.1. The van der Waals surface area contributed by atoms with Gasteiger partial charge in [-0.15, -0.1) is 0 Å². The van der Waals surface area contributed by atoms with Gasteiger partial charge in [-0.2, -0.15) is 0 Å². The number of benzene rings is 2. The van der Waals surface area contributed by atoms with Crippen molar-refractivity contribution in [2.75, 3.05) is 26.9 Å². The average Bonchev–Trinajstić information content (AvgIpc) is 3.63. The highest BCUT2D eigenvalue weighted by molar-refractivity contribution is 5.95. The first kappa shape index (κ1) is 30.8. The SMILES string of the molecule is CCO/C=C/c1cc(C)c2c(ccn2C(=O)OC(C)(C)C)c1CN1CCC2(CCCO2)C[C@H]1c1ccc(C(=O)OC)cc1. The highest BCUT2D eigenvalue weighted by Crippen LogP contribution is 2.45. The van der Waals surface area contributed by atoms with Gasteiger partial charge in [0.25, 0.3) is 0 Å². The van der Waals surface area contributed by atoms with E-state index in [9.17, 15) is 9.59 Å². The standard InChI is InChI=1S/C35H44N2O6/c1-7-41-20-14-27-21-24(2)31-28(13-17-37(31)33(39)43-34(3,4)5)29(27)23-36-18-16-35(15-8-19-42-35)22-30(36)25-9-11-26(12-10-25)32(38)40-6/h9-14,17,20-21,30H,7-8,15-16,18-19,22-23H2,1-6H3/b20-14+/t30-,35?/m0/s1. The van der Waals surface area contributed by atoms with E-state index in [0.717, 1.165) is 72.0 Å². The molecule has 2 saturated heterocycles. The van der Waals surface area contributed by atoms with E-state index in [-0.39, 0.29) is 17.6 Å². The topological polar surface area (TPSA) is 79.2 Å². The molecule has 230 valence electrons. The van der Waals surface area contributed by atoms with E-state index < -0.39 is 11.7 Å². The number of methoxy groups -OCH3 is 1. The van der Waals surface area contributed by atoms with Gasteiger partial charge in [-0.05, 0) is 113 Å². The van der Waals surface area contributed by atoms with Gasteiger partial charge < -0.3 is 18.9 Å². The lowest BCUT2D eigenvalue weighted by Gasteiger charge is -2.45. The molecule has 0 bridgehead atoms. The molecule has 5 rings (SSSR count). The van der Waals surface area contributed by atoms with E-state index in [1.807, 2.05) is 77.2 Å². The molecule has 8 nitrogen and oxygen atoms in total. The molecule has 2 atom stereocenters. The number of esters is 1. The van der Waals surface area contributed by atoms with E-state index in [2.05, 4.69) is 11.0 Å². The Bertz CT molecular complexity index is 1490. The fraction of sp³-hybridized carbons (Fsp3) is 0.486. The molecule has 0 aliphatic carbocycles. The van der Waals surface area contributed by atoms with E-state index in [0.29, 0.717) is 18.7 Å². The summed E-state index contributed by atoms with van der Waals surface area (Å²) in [6, 6.07) is 12.0. The molecule has 0 N–H and O–H groups in total. The van der Waals surface area contributed by atoms with Gasteiger partial charge in [0.2, 0.25) is 0 Å². The summed E-state index contributed by atoms with van der Waals surface area (Å²) in [4.78, 5) is 27.8. The molecule has 43 heavy (non-hydrogen) atoms. The van der Waals surface area contributed by atoms with Crippen molar-refractivity contribution in [3.63, 3.8) is 0 Å². The highest BCUT2D eigenvalue weighted by atomic mass is 16.6. The summed E-state index contributed by atoms with van der Waals surface area (Å²) in [7, 11) is 1.40. The molecule has 8 heteroatoms. The van der Waals surface area contributed by atoms with Gasteiger partial charge in [0, 0.05) is 37.3 Å². The molecule has 1 unspecified atom stereocenters. The maximum Gasteiger partial charge on any atom is 0.418 e. The van der Waals surface area contributed by atoms with Crippen molar-refractivity contribution in [3.8, 4) is 0 Å². The molecular weight excluding hydrogens is 544 g/mol. The molecule has 2 aliphatic heterocycles. The first-order valence-corrected chi connectivity index (χ1v) is 15.3. The molecule has 3 heterocycles. The summed E-state index contributed by atoms with van der Waals surface area (Å²) in [5.41, 5.74) is 4.96. The number of carbonyl (C=O) groups excluding carboxylic acids is 2. The van der Waals surface area contributed by atoms with Gasteiger partial charge in [-0.25, -0.2) is 9.59 Å². The van der Waals surface area contributed by atoms with Crippen LogP contribution in [-0.2, 0) is 25.5 Å². The van der Waals surface area contributed by atoms with Crippen molar-refractivity contribution in [3.05, 3.63) is 76.7 Å². The van der Waals surface area contributed by atoms with Gasteiger partial charge in [0.1, 0.15) is 5.60 Å². The highest BCUT2D eigenvalue weighted by Gasteiger charge is 2.43. The summed E-state index contributed by atoms with van der Waals surface area (Å²) < 4.78 is 24.3. The molecule has 2 aliphatic rings. The molecule has 1 aromatic heterocycles. The van der Waals surface area contributed by atoms with Crippen LogP contribution in [0.5, 0.6) is 0 Å². The Labute approximate surface area is 254 Å². The molecule has 3 aromatic rings. The van der Waals surface area contributed by atoms with Crippen LogP contribution in [0.3, 0.4) is 0 Å². The minimum Gasteiger partial charge on any atom is -0.501 e. The number of hydrogen-bond acceptors (Lipinski definition) is 7. The largest absolute Gasteiger partial charge is 0.501 e. The van der Waals surface area contributed by atoms with E-state index >= 15 is 0 Å². The third-order valence-corrected chi connectivity index (χ3v) is 8.53. The van der Waals surface area contributed by atoms with Crippen molar-refractivity contribution >= 4 is 29.0 Å². The Morgan fingerprint density at radius 1 is 1.14 bits per heavy atom. The summed E-state index contributed by atoms with van der Waals surface area (Å²) in [6.45, 7) is 12.5. The van der Waals surface area contributed by atoms with Crippen LogP contribution in [0.4, 0.5) is 4.79 Å². The van der Waals surface area contributed by atoms with Crippen LogP contribution in [0.15, 0.2) is 48.9 Å². The number of hydrogen-bond donors (Lipinski definition) is 0. The predicted molar refractivity (Wildman–Crippen MR) is 167 cm³/mol. The van der Waals surface area contributed by atoms with Gasteiger partial charge >= 0.3 is 12.1 Å². The zero-order valence-electron chi connectivity index (χ0n) is 26.3. The van der Waals surface area contributed by atoms with Crippen LogP contribution in [0.25, 0.3) is 17.0 Å². The lowest BCUT2D eigenvalue weighted by Crippen LogP contribution is -2.45. The average molecular weight is 589 g/mol. The van der Waals surface area contributed by atoms with Crippen LogP contribution in [-0.4, -0.2) is 59.6 Å². The third kappa shape index (κ3) is 6.65. The minimum atomic E-state index is -0.604. The minimum absolute atomic E-state index is 0.0894. The first-order valence-electron chi connectivity index (χ1n) is 15.3. The van der Waals surface area contributed by atoms with Crippen LogP contribution >= 0.6 is 0 Å². The third-order valence-electron chi connectivity index (χ3n) is 8.53. The number of nitrogens with zero attached hydrogens (tertiary/aromatic N) is 2. The smallest absolute Gasteiger partial charge is 0.418 e. The predicted octanol–water partition coefficient (Wildman–Crippen LogP) is 7.41. The van der Waals surface area contributed by atoms with Gasteiger partial charge in [0.05, 0.1) is 36.7 Å². The van der Waals surface area contributed by atoms with Crippen molar-refractivity contribution in [2.45, 2.75) is 84.1 Å². The van der Waals surface area contributed by atoms with E-state index in [1.54, 1.807) is 10.8 Å². The van der Waals surface area contributed by atoms with E-state index in [4.69, 9.17) is 18.9 Å². The quantitative estimate of drug-likeness (QED) is 0.210. The monoisotopic (exact) mass is 588 g/mol. The number of aryl methyl sites for hydroxylation is 1. The summed E-state index contributed by atoms with van der Waals surface area (Å²) in [5, 5.41) is 1.01. The molecule has 0 amide bonds. The summed E-state index contributed by atoms with van der Waals surface area (Å²) >= 11 is 0. The van der Waals surface area contributed by atoms with Crippen LogP contribution < -0.4 is 0 Å². The lowest BCUT2D eigenvalue weighted by molar-refractivity contribution is -0.0675. The van der Waals surface area contributed by atoms with Crippen molar-refractivity contribution in [2.24, 2.45) is 0 Å². The number of fused-ring (bicyclic) bond motifs is 1. The number of likely N-dealkylation sites (tertiary alicyclic amines) is 1. The maximum absolute atomic E-state index is 13.2. The number of aromatic nitrogens is 1. The Morgan fingerprint density at radius 3 is 2.56 bits per heavy atom. The Balaban J connectivity index is 1.56. The fourth-order valence-corrected chi connectivity index (χ4v) is 6.51. The van der Waals surface area contributed by atoms with Gasteiger partial charge in [0.15, 0.2) is 0 Å². The van der Waals surface area contributed by atoms with Crippen molar-refractivity contribution in [1.82, 2.24) is 9.47 Å². The second kappa shape index (κ2) is 12.5. The molecule has 2 fully saturated rings. The molecular formula is C35H44N2O6. The number of carbonyl (C=O) groups is 2. The number of rotatable bonds is 7. The van der Waals surface area contributed by atoms with Gasteiger partial charge in [-0.3, -0.25) is 9.47 Å². The van der Waals surface area contributed by atoms with Gasteiger partial charge in [-0.1, -0.05) is 12.1 Å². The fourth-order valence-electron chi connectivity index (χ4n) is 6.51. The van der Waals surface area contributed by atoms with Crippen molar-refractivity contribution < 1.29 is 28.5 Å². The first-order chi connectivity index (χ1) is 20.5. The number of piperidine rings is 1. The van der Waals surface area contributed by atoms with Crippen LogP contribution in [0.1, 0.15) is 92.0 Å². The number of ether oxygens (including phenoxy) is 4. The second-order valence-electron chi connectivity index (χ2n) is 12.6. The lowest BCUT2D eigenvalue weighted by atomic mass is 9.81. The maximum atomic E-state index is 13.2. The zero-order chi connectivity index (χ0) is 30.8. The Hall–Kier alpha value is -3.62. The Kier molecular flexibility index (Phi) is 8.99. The second-order valence-corrected chi connectivity index (χ2v) is 12.6. The zero-order valence-corrected chi connectivity index (χ0v) is 26.3. The van der Waals surface area contributed by atoms with Crippen LogP contribution in [0, 0.1) is 6.92 Å².